The number of carbonyl (C=O) groups is 1. The van der Waals surface area contributed by atoms with E-state index in [0.717, 1.165) is 10.8 Å². The fourth-order valence-corrected chi connectivity index (χ4v) is 2.21. The minimum absolute atomic E-state index is 0.195. The second kappa shape index (κ2) is 2.30. The van der Waals surface area contributed by atoms with Crippen molar-refractivity contribution in [2.45, 2.75) is 13.8 Å². The molecule has 0 N–H and O–H groups in total. The molecule has 0 aliphatic carbocycles. The maximum absolute atomic E-state index is 11.0. The molecule has 0 saturated heterocycles. The van der Waals surface area contributed by atoms with E-state index in [2.05, 4.69) is 0 Å². The Labute approximate surface area is 65.3 Å². The molecule has 0 aromatic heterocycles. The molecular formula is C7H8O3S. The van der Waals surface area contributed by atoms with Gasteiger partial charge in [0.15, 0.2) is 15.6 Å². The Bertz CT molecular complexity index is 329. The molecule has 4 heteroatoms. The molecule has 1 aliphatic heterocycles. The molecule has 0 amide bonds. The van der Waals surface area contributed by atoms with Crippen LogP contribution >= 0.6 is 0 Å². The minimum atomic E-state index is -3.26. The number of ketones is 1. The maximum atomic E-state index is 11.0. The summed E-state index contributed by atoms with van der Waals surface area (Å²) in [7, 11) is -3.26. The summed E-state index contributed by atoms with van der Waals surface area (Å²) in [6.07, 6.45) is 0. The molecule has 0 radical (unpaired) electrons. The molecule has 0 atom stereocenters. The molecule has 1 rings (SSSR count). The van der Waals surface area contributed by atoms with Gasteiger partial charge >= 0.3 is 0 Å². The van der Waals surface area contributed by atoms with Gasteiger partial charge in [-0.2, -0.15) is 0 Å². The Hall–Kier alpha value is -0.900. The first-order chi connectivity index (χ1) is 4.92. The van der Waals surface area contributed by atoms with Gasteiger partial charge in [-0.25, -0.2) is 8.42 Å². The smallest absolute Gasteiger partial charge is 0.193 e. The number of hydrogen-bond acceptors (Lipinski definition) is 3. The van der Waals surface area contributed by atoms with Crippen LogP contribution in [0.15, 0.2) is 22.0 Å². The van der Waals surface area contributed by atoms with Crippen LogP contribution in [-0.2, 0) is 14.6 Å². The molecule has 1 aliphatic rings. The van der Waals surface area contributed by atoms with Crippen molar-refractivity contribution in [3.05, 3.63) is 22.0 Å². The molecule has 0 spiro atoms. The standard InChI is InChI=1S/C7H8O3S/c1-5-3-11(9,10)4-6(2)7(5)8/h3-4H,1-2H3. The SMILES string of the molecule is CC1=CS(=O)(=O)C=C(C)C1=O. The lowest BCUT2D eigenvalue weighted by Gasteiger charge is -2.05. The molecule has 0 unspecified atom stereocenters. The minimum Gasteiger partial charge on any atom is -0.289 e. The lowest BCUT2D eigenvalue weighted by Crippen LogP contribution is -2.10. The Morgan fingerprint density at radius 3 is 1.82 bits per heavy atom. The van der Waals surface area contributed by atoms with Crippen LogP contribution in [0.4, 0.5) is 0 Å². The molecule has 1 heterocycles. The van der Waals surface area contributed by atoms with Gasteiger partial charge in [-0.15, -0.1) is 0 Å². The molecule has 0 bridgehead atoms. The number of hydrogen-bond donors (Lipinski definition) is 0. The topological polar surface area (TPSA) is 51.2 Å². The maximum Gasteiger partial charge on any atom is 0.193 e. The Morgan fingerprint density at radius 1 is 1.09 bits per heavy atom. The monoisotopic (exact) mass is 172 g/mol. The van der Waals surface area contributed by atoms with E-state index in [4.69, 9.17) is 0 Å². The van der Waals surface area contributed by atoms with E-state index >= 15 is 0 Å². The van der Waals surface area contributed by atoms with Crippen molar-refractivity contribution in [1.82, 2.24) is 0 Å². The fourth-order valence-electron chi connectivity index (χ4n) is 0.945. The van der Waals surface area contributed by atoms with Gasteiger partial charge in [0.05, 0.1) is 0 Å². The average molecular weight is 172 g/mol. The van der Waals surface area contributed by atoms with Gasteiger partial charge in [0, 0.05) is 22.0 Å². The summed E-state index contributed by atoms with van der Waals surface area (Å²) in [5, 5.41) is 1.98. The Balaban J connectivity index is 3.30. The van der Waals surface area contributed by atoms with E-state index in [9.17, 15) is 13.2 Å². The summed E-state index contributed by atoms with van der Waals surface area (Å²) in [5.41, 5.74) is 0.565. The van der Waals surface area contributed by atoms with Gasteiger partial charge in [-0.3, -0.25) is 4.79 Å². The van der Waals surface area contributed by atoms with Crippen molar-refractivity contribution in [3.63, 3.8) is 0 Å². The second-order valence-electron chi connectivity index (χ2n) is 2.52. The molecule has 60 valence electrons. The van der Waals surface area contributed by atoms with Gasteiger partial charge in [-0.05, 0) is 13.8 Å². The van der Waals surface area contributed by atoms with Crippen molar-refractivity contribution in [2.75, 3.05) is 0 Å². The first-order valence-electron chi connectivity index (χ1n) is 3.09. The van der Waals surface area contributed by atoms with Crippen LogP contribution in [0.5, 0.6) is 0 Å². The van der Waals surface area contributed by atoms with E-state index in [-0.39, 0.29) is 16.9 Å². The van der Waals surface area contributed by atoms with Crippen LogP contribution in [0, 0.1) is 0 Å². The fraction of sp³-hybridized carbons (Fsp3) is 0.286. The first-order valence-corrected chi connectivity index (χ1v) is 4.70. The van der Waals surface area contributed by atoms with Gasteiger partial charge in [-0.1, -0.05) is 0 Å². The van der Waals surface area contributed by atoms with Crippen LogP contribution < -0.4 is 0 Å². The molecule has 0 saturated carbocycles. The highest BCUT2D eigenvalue weighted by atomic mass is 32.2. The number of allylic oxidation sites excluding steroid dienone is 2. The predicted molar refractivity (Wildman–Crippen MR) is 41.4 cm³/mol. The zero-order valence-electron chi connectivity index (χ0n) is 6.29. The number of sulfone groups is 1. The van der Waals surface area contributed by atoms with Crippen molar-refractivity contribution in [2.24, 2.45) is 0 Å². The lowest BCUT2D eigenvalue weighted by atomic mass is 10.1. The quantitative estimate of drug-likeness (QED) is 0.543. The number of rotatable bonds is 0. The van der Waals surface area contributed by atoms with E-state index in [0.29, 0.717) is 0 Å². The van der Waals surface area contributed by atoms with E-state index < -0.39 is 9.84 Å². The van der Waals surface area contributed by atoms with Crippen molar-refractivity contribution >= 4 is 15.6 Å². The van der Waals surface area contributed by atoms with Crippen molar-refractivity contribution in [3.8, 4) is 0 Å². The van der Waals surface area contributed by atoms with Crippen molar-refractivity contribution in [1.29, 1.82) is 0 Å². The normalized spacial score (nSPS) is 22.5. The van der Waals surface area contributed by atoms with Crippen LogP contribution in [0.25, 0.3) is 0 Å². The molecule has 3 nitrogen and oxygen atoms in total. The molecule has 0 fully saturated rings. The summed E-state index contributed by atoms with van der Waals surface area (Å²) >= 11 is 0. The summed E-state index contributed by atoms with van der Waals surface area (Å²) in [5.74, 6) is -0.195. The van der Waals surface area contributed by atoms with Crippen LogP contribution in [0.3, 0.4) is 0 Å². The predicted octanol–water partition coefficient (Wildman–Crippen LogP) is 0.792. The van der Waals surface area contributed by atoms with E-state index in [1.165, 1.54) is 13.8 Å². The zero-order chi connectivity index (χ0) is 8.65. The summed E-state index contributed by atoms with van der Waals surface area (Å²) in [4.78, 5) is 11.0. The highest BCUT2D eigenvalue weighted by Crippen LogP contribution is 2.15. The third kappa shape index (κ3) is 1.57. The van der Waals surface area contributed by atoms with Gasteiger partial charge in [0.1, 0.15) is 0 Å². The zero-order valence-corrected chi connectivity index (χ0v) is 7.10. The third-order valence-corrected chi connectivity index (χ3v) is 2.76. The molecule has 0 aromatic rings. The van der Waals surface area contributed by atoms with E-state index in [1.807, 2.05) is 0 Å². The first kappa shape index (κ1) is 8.20. The lowest BCUT2D eigenvalue weighted by molar-refractivity contribution is -0.112. The second-order valence-corrected chi connectivity index (χ2v) is 4.17. The Morgan fingerprint density at radius 2 is 1.45 bits per heavy atom. The largest absolute Gasteiger partial charge is 0.289 e. The summed E-state index contributed by atoms with van der Waals surface area (Å²) in [6, 6.07) is 0. The molecule has 0 aromatic carbocycles. The highest BCUT2D eigenvalue weighted by Gasteiger charge is 2.18. The van der Waals surface area contributed by atoms with Gasteiger partial charge in [0.25, 0.3) is 0 Å². The van der Waals surface area contributed by atoms with Crippen molar-refractivity contribution < 1.29 is 13.2 Å². The van der Waals surface area contributed by atoms with Crippen LogP contribution in [-0.4, -0.2) is 14.2 Å². The highest BCUT2D eigenvalue weighted by molar-refractivity contribution is 7.97. The van der Waals surface area contributed by atoms with Gasteiger partial charge in [0.2, 0.25) is 0 Å². The molecule has 11 heavy (non-hydrogen) atoms. The van der Waals surface area contributed by atoms with E-state index in [1.54, 1.807) is 0 Å². The molecular weight excluding hydrogens is 164 g/mol. The number of Topliss-reactive ketones (excluding diaryl/α,β-unsaturated/α-hetero) is 1. The van der Waals surface area contributed by atoms with Crippen LogP contribution in [0.1, 0.15) is 13.8 Å². The Kier molecular flexibility index (Phi) is 1.72. The van der Waals surface area contributed by atoms with Gasteiger partial charge < -0.3 is 0 Å². The number of carbonyl (C=O) groups excluding carboxylic acids is 1. The summed E-state index contributed by atoms with van der Waals surface area (Å²) in [6.45, 7) is 2.99. The third-order valence-electron chi connectivity index (χ3n) is 1.40. The summed E-state index contributed by atoms with van der Waals surface area (Å²) < 4.78 is 21.8. The average Bonchev–Trinajstić information content (AvgIpc) is 1.81. The van der Waals surface area contributed by atoms with Crippen LogP contribution in [0.2, 0.25) is 0 Å².